The summed E-state index contributed by atoms with van der Waals surface area (Å²) >= 11 is 7.81. The molecule has 2 aromatic heterocycles. The average Bonchev–Trinajstić information content (AvgIpc) is 3.36. The molecule has 1 saturated heterocycles. The van der Waals surface area contributed by atoms with Crippen molar-refractivity contribution in [2.45, 2.75) is 32.2 Å². The van der Waals surface area contributed by atoms with E-state index in [9.17, 15) is 4.79 Å². The molecule has 3 aromatic rings. The Morgan fingerprint density at radius 1 is 1.33 bits per heavy atom. The van der Waals surface area contributed by atoms with E-state index in [4.69, 9.17) is 16.6 Å². The lowest BCUT2D eigenvalue weighted by molar-refractivity contribution is -0.131. The van der Waals surface area contributed by atoms with Crippen LogP contribution in [0.4, 0.5) is 5.95 Å². The second kappa shape index (κ2) is 8.70. The third kappa shape index (κ3) is 4.32. The van der Waals surface area contributed by atoms with Crippen LogP contribution in [0, 0.1) is 6.92 Å². The summed E-state index contributed by atoms with van der Waals surface area (Å²) in [6.45, 7) is 2.68. The number of aryl methyl sites for hydroxylation is 1. The molecule has 1 atom stereocenters. The number of rotatable bonds is 5. The Bertz CT molecular complexity index is 1070. The number of carbonyl (C=O) groups excluding carboxylic acids is 1. The molecular formula is C22H24ClN5OS. The molecule has 0 bridgehead atoms. The molecule has 0 unspecified atom stereocenters. The van der Waals surface area contributed by atoms with Gasteiger partial charge in [0.1, 0.15) is 0 Å². The topological polar surface area (TPSA) is 62.2 Å². The van der Waals surface area contributed by atoms with Crippen LogP contribution in [-0.2, 0) is 11.2 Å². The van der Waals surface area contributed by atoms with Crippen molar-refractivity contribution in [2.24, 2.45) is 0 Å². The quantitative estimate of drug-likeness (QED) is 0.581. The van der Waals surface area contributed by atoms with Crippen LogP contribution in [0.15, 0.2) is 35.8 Å². The Labute approximate surface area is 185 Å². The van der Waals surface area contributed by atoms with E-state index in [1.54, 1.807) is 11.3 Å². The van der Waals surface area contributed by atoms with Crippen LogP contribution in [0.1, 0.15) is 35.3 Å². The third-order valence-electron chi connectivity index (χ3n) is 5.23. The van der Waals surface area contributed by atoms with Gasteiger partial charge in [0.25, 0.3) is 0 Å². The molecule has 0 aliphatic carbocycles. The summed E-state index contributed by atoms with van der Waals surface area (Å²) in [5.41, 5.74) is 3.57. The fourth-order valence-corrected chi connectivity index (χ4v) is 4.63. The standard InChI is InChI=1S/C22H24ClN5OS/c1-14-25-17(13-30-14)11-20(29)28-9-5-8-19(28)21-18(12-24-22(26-21)27(2)3)15-6-4-7-16(23)10-15/h4,6-7,10,12-13,19H,5,8-9,11H2,1-3H3/t19-/m1/s1. The highest BCUT2D eigenvalue weighted by molar-refractivity contribution is 7.09. The van der Waals surface area contributed by atoms with Gasteiger partial charge in [-0.1, -0.05) is 23.7 Å². The molecular weight excluding hydrogens is 418 g/mol. The SMILES string of the molecule is Cc1nc(CC(=O)N2CCC[C@@H]2c2nc(N(C)C)ncc2-c2cccc(Cl)c2)cs1. The Morgan fingerprint density at radius 2 is 2.17 bits per heavy atom. The first-order chi connectivity index (χ1) is 14.4. The van der Waals surface area contributed by atoms with Gasteiger partial charge in [0.05, 0.1) is 28.9 Å². The molecule has 30 heavy (non-hydrogen) atoms. The summed E-state index contributed by atoms with van der Waals surface area (Å²) in [7, 11) is 3.83. The van der Waals surface area contributed by atoms with Gasteiger partial charge in [-0.05, 0) is 37.5 Å². The smallest absolute Gasteiger partial charge is 0.229 e. The predicted octanol–water partition coefficient (Wildman–Crippen LogP) is 4.53. The molecule has 6 nitrogen and oxygen atoms in total. The van der Waals surface area contributed by atoms with Gasteiger partial charge in [-0.2, -0.15) is 0 Å². The summed E-state index contributed by atoms with van der Waals surface area (Å²) in [4.78, 5) is 30.8. The van der Waals surface area contributed by atoms with E-state index in [1.807, 2.05) is 66.7 Å². The zero-order valence-electron chi connectivity index (χ0n) is 17.3. The Balaban J connectivity index is 1.71. The normalized spacial score (nSPS) is 16.1. The third-order valence-corrected chi connectivity index (χ3v) is 6.29. The second-order valence-corrected chi connectivity index (χ2v) is 9.15. The van der Waals surface area contributed by atoms with Crippen LogP contribution >= 0.6 is 22.9 Å². The van der Waals surface area contributed by atoms with Crippen molar-refractivity contribution in [3.8, 4) is 11.1 Å². The summed E-state index contributed by atoms with van der Waals surface area (Å²) in [5, 5.41) is 3.60. The van der Waals surface area contributed by atoms with E-state index in [0.29, 0.717) is 17.4 Å². The van der Waals surface area contributed by atoms with Gasteiger partial charge in [-0.25, -0.2) is 15.0 Å². The minimum absolute atomic E-state index is 0.0878. The fourth-order valence-electron chi connectivity index (χ4n) is 3.83. The molecule has 8 heteroatoms. The Morgan fingerprint density at radius 3 is 2.87 bits per heavy atom. The van der Waals surface area contributed by atoms with Gasteiger partial charge in [-0.15, -0.1) is 11.3 Å². The molecule has 1 fully saturated rings. The summed E-state index contributed by atoms with van der Waals surface area (Å²) in [5.74, 6) is 0.718. The number of halogens is 1. The van der Waals surface area contributed by atoms with Crippen molar-refractivity contribution < 1.29 is 4.79 Å². The Hall–Kier alpha value is -2.51. The van der Waals surface area contributed by atoms with Crippen molar-refractivity contribution in [3.05, 3.63) is 57.3 Å². The van der Waals surface area contributed by atoms with Crippen LogP contribution in [0.5, 0.6) is 0 Å². The zero-order valence-corrected chi connectivity index (χ0v) is 18.9. The van der Waals surface area contributed by atoms with Gasteiger partial charge < -0.3 is 9.80 Å². The highest BCUT2D eigenvalue weighted by Gasteiger charge is 2.33. The predicted molar refractivity (Wildman–Crippen MR) is 121 cm³/mol. The maximum absolute atomic E-state index is 13.1. The largest absolute Gasteiger partial charge is 0.347 e. The van der Waals surface area contributed by atoms with Crippen molar-refractivity contribution in [2.75, 3.05) is 25.5 Å². The highest BCUT2D eigenvalue weighted by Crippen LogP contribution is 2.38. The molecule has 156 valence electrons. The van der Waals surface area contributed by atoms with Crippen LogP contribution in [0.25, 0.3) is 11.1 Å². The minimum Gasteiger partial charge on any atom is -0.347 e. The van der Waals surface area contributed by atoms with Gasteiger partial charge in [-0.3, -0.25) is 4.79 Å². The number of likely N-dealkylation sites (tertiary alicyclic amines) is 1. The monoisotopic (exact) mass is 441 g/mol. The first-order valence-electron chi connectivity index (χ1n) is 9.93. The number of hydrogen-bond acceptors (Lipinski definition) is 6. The molecule has 0 spiro atoms. The summed E-state index contributed by atoms with van der Waals surface area (Å²) in [6.07, 6.45) is 3.98. The lowest BCUT2D eigenvalue weighted by Crippen LogP contribution is -2.33. The van der Waals surface area contributed by atoms with E-state index >= 15 is 0 Å². The fraction of sp³-hybridized carbons (Fsp3) is 0.364. The van der Waals surface area contributed by atoms with E-state index in [1.165, 1.54) is 0 Å². The van der Waals surface area contributed by atoms with Crippen molar-refractivity contribution in [1.82, 2.24) is 19.9 Å². The number of carbonyl (C=O) groups is 1. The number of nitrogens with zero attached hydrogens (tertiary/aromatic N) is 5. The van der Waals surface area contributed by atoms with Crippen LogP contribution in [0.3, 0.4) is 0 Å². The molecule has 1 aromatic carbocycles. The lowest BCUT2D eigenvalue weighted by atomic mass is 9.99. The van der Waals surface area contributed by atoms with E-state index < -0.39 is 0 Å². The van der Waals surface area contributed by atoms with Crippen LogP contribution in [0.2, 0.25) is 5.02 Å². The average molecular weight is 442 g/mol. The molecule has 3 heterocycles. The summed E-state index contributed by atoms with van der Waals surface area (Å²) in [6, 6.07) is 7.60. The number of amides is 1. The Kier molecular flexibility index (Phi) is 6.01. The van der Waals surface area contributed by atoms with Gasteiger partial charge in [0.15, 0.2) is 0 Å². The van der Waals surface area contributed by atoms with Gasteiger partial charge >= 0.3 is 0 Å². The van der Waals surface area contributed by atoms with Crippen LogP contribution < -0.4 is 4.90 Å². The van der Waals surface area contributed by atoms with E-state index in [0.717, 1.165) is 46.9 Å². The molecule has 0 N–H and O–H groups in total. The number of thiazole rings is 1. The molecule has 1 aliphatic rings. The maximum atomic E-state index is 13.1. The first-order valence-corrected chi connectivity index (χ1v) is 11.2. The maximum Gasteiger partial charge on any atom is 0.229 e. The van der Waals surface area contributed by atoms with E-state index in [2.05, 4.69) is 9.97 Å². The highest BCUT2D eigenvalue weighted by atomic mass is 35.5. The van der Waals surface area contributed by atoms with Gasteiger partial charge in [0, 0.05) is 42.8 Å². The molecule has 1 aliphatic heterocycles. The number of anilines is 1. The van der Waals surface area contributed by atoms with Crippen molar-refractivity contribution in [3.63, 3.8) is 0 Å². The zero-order chi connectivity index (χ0) is 21.3. The first kappa shape index (κ1) is 20.8. The number of benzene rings is 1. The molecule has 0 radical (unpaired) electrons. The number of aromatic nitrogens is 3. The summed E-state index contributed by atoms with van der Waals surface area (Å²) < 4.78 is 0. The minimum atomic E-state index is -0.0899. The van der Waals surface area contributed by atoms with Crippen LogP contribution in [-0.4, -0.2) is 46.4 Å². The second-order valence-electron chi connectivity index (χ2n) is 7.65. The molecule has 0 saturated carbocycles. The lowest BCUT2D eigenvalue weighted by Gasteiger charge is -2.26. The van der Waals surface area contributed by atoms with E-state index in [-0.39, 0.29) is 11.9 Å². The molecule has 4 rings (SSSR count). The number of hydrogen-bond donors (Lipinski definition) is 0. The van der Waals surface area contributed by atoms with Crippen molar-refractivity contribution in [1.29, 1.82) is 0 Å². The van der Waals surface area contributed by atoms with Gasteiger partial charge in [0.2, 0.25) is 11.9 Å². The van der Waals surface area contributed by atoms with Crippen molar-refractivity contribution >= 4 is 34.8 Å². The molecule has 1 amide bonds.